The molecule has 0 amide bonds. The highest BCUT2D eigenvalue weighted by molar-refractivity contribution is 7.10. The molecule has 0 bridgehead atoms. The Morgan fingerprint density at radius 3 is 3.17 bits per heavy atom. The molecule has 1 saturated heterocycles. The molecule has 18 heavy (non-hydrogen) atoms. The van der Waals surface area contributed by atoms with Crippen molar-refractivity contribution >= 4 is 11.3 Å². The van der Waals surface area contributed by atoms with Crippen molar-refractivity contribution in [2.75, 3.05) is 26.4 Å². The van der Waals surface area contributed by atoms with Crippen molar-refractivity contribution in [3.8, 4) is 0 Å². The van der Waals surface area contributed by atoms with Crippen LogP contribution in [0.3, 0.4) is 0 Å². The van der Waals surface area contributed by atoms with Gasteiger partial charge >= 0.3 is 0 Å². The van der Waals surface area contributed by atoms with Crippen LogP contribution in [0.25, 0.3) is 0 Å². The molecule has 0 spiro atoms. The van der Waals surface area contributed by atoms with Gasteiger partial charge in [-0.05, 0) is 43.2 Å². The van der Waals surface area contributed by atoms with Crippen LogP contribution in [0.5, 0.6) is 0 Å². The normalized spacial score (nSPS) is 20.2. The summed E-state index contributed by atoms with van der Waals surface area (Å²) in [4.78, 5) is 1.42. The second kappa shape index (κ2) is 7.89. The summed E-state index contributed by atoms with van der Waals surface area (Å²) in [6.07, 6.45) is 3.97. The van der Waals surface area contributed by atoms with Gasteiger partial charge in [-0.25, -0.2) is 0 Å². The lowest BCUT2D eigenvalue weighted by Gasteiger charge is -2.22. The van der Waals surface area contributed by atoms with E-state index in [1.807, 2.05) is 11.3 Å². The summed E-state index contributed by atoms with van der Waals surface area (Å²) in [5.41, 5.74) is 1.38. The molecule has 4 heteroatoms. The number of rotatable bonds is 7. The van der Waals surface area contributed by atoms with E-state index < -0.39 is 0 Å². The predicted octanol–water partition coefficient (Wildman–Crippen LogP) is 2.73. The zero-order valence-electron chi connectivity index (χ0n) is 11.1. The third kappa shape index (κ3) is 4.69. The number of hydrogen-bond donors (Lipinski definition) is 1. The molecular weight excluding hydrogens is 246 g/mol. The van der Waals surface area contributed by atoms with Gasteiger partial charge in [-0.3, -0.25) is 0 Å². The van der Waals surface area contributed by atoms with Crippen LogP contribution in [-0.2, 0) is 16.0 Å². The van der Waals surface area contributed by atoms with E-state index in [0.717, 1.165) is 39.3 Å². The lowest BCUT2D eigenvalue weighted by Crippen LogP contribution is -2.26. The van der Waals surface area contributed by atoms with Crippen LogP contribution < -0.4 is 5.32 Å². The second-order valence-electron chi connectivity index (χ2n) is 4.77. The van der Waals surface area contributed by atoms with Gasteiger partial charge in [-0.15, -0.1) is 11.3 Å². The molecule has 2 heterocycles. The van der Waals surface area contributed by atoms with Crippen LogP contribution in [-0.4, -0.2) is 32.5 Å². The molecule has 1 fully saturated rings. The maximum absolute atomic E-state index is 5.64. The van der Waals surface area contributed by atoms with Gasteiger partial charge in [-0.1, -0.05) is 0 Å². The van der Waals surface area contributed by atoms with Crippen LogP contribution in [0.4, 0.5) is 0 Å². The Morgan fingerprint density at radius 1 is 1.50 bits per heavy atom. The Kier molecular flexibility index (Phi) is 6.14. The van der Waals surface area contributed by atoms with Gasteiger partial charge in [0.15, 0.2) is 0 Å². The zero-order valence-corrected chi connectivity index (χ0v) is 11.9. The smallest absolute Gasteiger partial charge is 0.0808 e. The monoisotopic (exact) mass is 269 g/mol. The Bertz CT molecular complexity index is 334. The summed E-state index contributed by atoms with van der Waals surface area (Å²) in [5, 5.41) is 5.55. The molecule has 1 aromatic heterocycles. The highest BCUT2D eigenvalue weighted by Gasteiger charge is 2.13. The van der Waals surface area contributed by atoms with Crippen molar-refractivity contribution in [1.29, 1.82) is 0 Å². The SMILES string of the molecule is Cc1ccsc1CNCCOCC1CCCCO1. The van der Waals surface area contributed by atoms with Crippen molar-refractivity contribution < 1.29 is 9.47 Å². The minimum atomic E-state index is 0.332. The molecule has 102 valence electrons. The standard InChI is InChI=1S/C14H23NO2S/c1-12-5-9-18-14(12)10-15-6-8-16-11-13-4-2-3-7-17-13/h5,9,13,15H,2-4,6-8,10-11H2,1H3. The zero-order chi connectivity index (χ0) is 12.6. The summed E-state index contributed by atoms with van der Waals surface area (Å²) in [6, 6.07) is 2.17. The third-order valence-electron chi connectivity index (χ3n) is 3.25. The number of nitrogens with one attached hydrogen (secondary N) is 1. The molecule has 1 unspecified atom stereocenters. The van der Waals surface area contributed by atoms with E-state index in [1.54, 1.807) is 0 Å². The summed E-state index contributed by atoms with van der Waals surface area (Å²) >= 11 is 1.81. The van der Waals surface area contributed by atoms with Crippen molar-refractivity contribution in [1.82, 2.24) is 5.32 Å². The van der Waals surface area contributed by atoms with Gasteiger partial charge in [0.25, 0.3) is 0 Å². The molecule has 0 aliphatic carbocycles. The molecule has 1 aliphatic rings. The third-order valence-corrected chi connectivity index (χ3v) is 4.28. The largest absolute Gasteiger partial charge is 0.377 e. The van der Waals surface area contributed by atoms with E-state index in [-0.39, 0.29) is 0 Å². The average molecular weight is 269 g/mol. The molecule has 0 radical (unpaired) electrons. The summed E-state index contributed by atoms with van der Waals surface area (Å²) in [6.45, 7) is 6.44. The van der Waals surface area contributed by atoms with Crippen molar-refractivity contribution in [2.45, 2.75) is 38.8 Å². The summed E-state index contributed by atoms with van der Waals surface area (Å²) in [7, 11) is 0. The molecule has 0 aromatic carbocycles. The predicted molar refractivity (Wildman–Crippen MR) is 75.2 cm³/mol. The molecular formula is C14H23NO2S. The van der Waals surface area contributed by atoms with Gasteiger partial charge in [0.1, 0.15) is 0 Å². The van der Waals surface area contributed by atoms with Gasteiger partial charge in [0.05, 0.1) is 19.3 Å². The maximum atomic E-state index is 5.64. The van der Waals surface area contributed by atoms with E-state index in [4.69, 9.17) is 9.47 Å². The van der Waals surface area contributed by atoms with Crippen LogP contribution in [0.15, 0.2) is 11.4 Å². The average Bonchev–Trinajstić information content (AvgIpc) is 2.81. The quantitative estimate of drug-likeness (QED) is 0.772. The Hall–Kier alpha value is -0.420. The summed E-state index contributed by atoms with van der Waals surface area (Å²) in [5.74, 6) is 0. The first-order valence-corrected chi connectivity index (χ1v) is 7.67. The van der Waals surface area contributed by atoms with Crippen molar-refractivity contribution in [3.05, 3.63) is 21.9 Å². The maximum Gasteiger partial charge on any atom is 0.0808 e. The van der Waals surface area contributed by atoms with Crippen LogP contribution >= 0.6 is 11.3 Å². The Morgan fingerprint density at radius 2 is 2.44 bits per heavy atom. The van der Waals surface area contributed by atoms with Crippen molar-refractivity contribution in [2.24, 2.45) is 0 Å². The highest BCUT2D eigenvalue weighted by Crippen LogP contribution is 2.14. The van der Waals surface area contributed by atoms with Crippen LogP contribution in [0.2, 0.25) is 0 Å². The van der Waals surface area contributed by atoms with Crippen LogP contribution in [0, 0.1) is 6.92 Å². The number of ether oxygens (including phenoxy) is 2. The minimum absolute atomic E-state index is 0.332. The second-order valence-corrected chi connectivity index (χ2v) is 5.77. The fourth-order valence-corrected chi connectivity index (χ4v) is 2.96. The molecule has 3 nitrogen and oxygen atoms in total. The Labute approximate surface area is 113 Å². The highest BCUT2D eigenvalue weighted by atomic mass is 32.1. The molecule has 1 aliphatic heterocycles. The van der Waals surface area contributed by atoms with Crippen LogP contribution in [0.1, 0.15) is 29.7 Å². The topological polar surface area (TPSA) is 30.5 Å². The van der Waals surface area contributed by atoms with E-state index in [0.29, 0.717) is 6.10 Å². The van der Waals surface area contributed by atoms with E-state index in [2.05, 4.69) is 23.7 Å². The lowest BCUT2D eigenvalue weighted by molar-refractivity contribution is -0.0399. The van der Waals surface area contributed by atoms with Gasteiger partial charge < -0.3 is 14.8 Å². The Balaban J connectivity index is 1.47. The number of hydrogen-bond acceptors (Lipinski definition) is 4. The molecule has 2 rings (SSSR count). The minimum Gasteiger partial charge on any atom is -0.377 e. The van der Waals surface area contributed by atoms with E-state index in [1.165, 1.54) is 23.3 Å². The fraction of sp³-hybridized carbons (Fsp3) is 0.714. The summed E-state index contributed by atoms with van der Waals surface area (Å²) < 4.78 is 11.3. The van der Waals surface area contributed by atoms with E-state index >= 15 is 0 Å². The van der Waals surface area contributed by atoms with Crippen molar-refractivity contribution in [3.63, 3.8) is 0 Å². The fourth-order valence-electron chi connectivity index (χ4n) is 2.09. The number of aryl methyl sites for hydroxylation is 1. The molecule has 1 atom stereocenters. The van der Waals surface area contributed by atoms with Gasteiger partial charge in [0, 0.05) is 24.6 Å². The number of thiophene rings is 1. The van der Waals surface area contributed by atoms with E-state index in [9.17, 15) is 0 Å². The molecule has 1 aromatic rings. The lowest BCUT2D eigenvalue weighted by atomic mass is 10.1. The first-order chi connectivity index (χ1) is 8.86. The first-order valence-electron chi connectivity index (χ1n) is 6.79. The van der Waals surface area contributed by atoms with Gasteiger partial charge in [-0.2, -0.15) is 0 Å². The van der Waals surface area contributed by atoms with Gasteiger partial charge in [0.2, 0.25) is 0 Å². The first kappa shape index (κ1) is 14.0. The molecule has 0 saturated carbocycles. The molecule has 1 N–H and O–H groups in total.